The van der Waals surface area contributed by atoms with E-state index in [-0.39, 0.29) is 11.9 Å². The van der Waals surface area contributed by atoms with Crippen molar-refractivity contribution in [2.75, 3.05) is 0 Å². The molecule has 3 rings (SSSR count). The van der Waals surface area contributed by atoms with Gasteiger partial charge in [-0.05, 0) is 18.6 Å². The average Bonchev–Trinajstić information content (AvgIpc) is 3.13. The summed E-state index contributed by atoms with van der Waals surface area (Å²) in [5.74, 6) is 0.654. The molecule has 0 fully saturated rings. The second-order valence-electron chi connectivity index (χ2n) is 4.68. The van der Waals surface area contributed by atoms with Crippen LogP contribution in [0.1, 0.15) is 35.7 Å². The summed E-state index contributed by atoms with van der Waals surface area (Å²) in [5.41, 5.74) is 1.53. The first-order valence-electron chi connectivity index (χ1n) is 6.66. The Bertz CT molecular complexity index is 681. The van der Waals surface area contributed by atoms with Crippen molar-refractivity contribution in [2.45, 2.75) is 19.4 Å². The fourth-order valence-electron chi connectivity index (χ4n) is 2.26. The third kappa shape index (κ3) is 2.30. The van der Waals surface area contributed by atoms with E-state index in [0.29, 0.717) is 5.69 Å². The molecule has 1 aromatic carbocycles. The van der Waals surface area contributed by atoms with Gasteiger partial charge in [-0.3, -0.25) is 4.79 Å². The number of aromatic amines is 2. The zero-order valence-electron chi connectivity index (χ0n) is 11.2. The molecule has 1 amide bonds. The molecule has 3 aromatic rings. The Kier molecular flexibility index (Phi) is 3.25. The summed E-state index contributed by atoms with van der Waals surface area (Å²) in [6.07, 6.45) is 4.22. The zero-order valence-corrected chi connectivity index (χ0v) is 11.2. The smallest absolute Gasteiger partial charge is 0.268 e. The summed E-state index contributed by atoms with van der Waals surface area (Å²) in [4.78, 5) is 22.7. The van der Waals surface area contributed by atoms with Gasteiger partial charge in [-0.2, -0.15) is 0 Å². The normalized spacial score (nSPS) is 12.4. The van der Waals surface area contributed by atoms with Gasteiger partial charge < -0.3 is 15.3 Å². The van der Waals surface area contributed by atoms with Gasteiger partial charge in [0.05, 0.1) is 6.04 Å². The van der Waals surface area contributed by atoms with Crippen LogP contribution in [0.15, 0.2) is 42.7 Å². The van der Waals surface area contributed by atoms with E-state index in [1.54, 1.807) is 12.4 Å². The Morgan fingerprint density at radius 1 is 1.40 bits per heavy atom. The lowest BCUT2D eigenvalue weighted by Crippen LogP contribution is -2.29. The molecule has 1 unspecified atom stereocenters. The lowest BCUT2D eigenvalue weighted by Gasteiger charge is -2.13. The van der Waals surface area contributed by atoms with Gasteiger partial charge in [-0.25, -0.2) is 4.98 Å². The van der Waals surface area contributed by atoms with Gasteiger partial charge in [-0.15, -0.1) is 0 Å². The van der Waals surface area contributed by atoms with Crippen LogP contribution in [-0.4, -0.2) is 20.9 Å². The van der Waals surface area contributed by atoms with Crippen LogP contribution in [0.4, 0.5) is 0 Å². The van der Waals surface area contributed by atoms with Gasteiger partial charge in [0.2, 0.25) is 0 Å². The fraction of sp³-hybridized carbons (Fsp3) is 0.200. The maximum atomic E-state index is 12.3. The predicted molar refractivity (Wildman–Crippen MR) is 77.4 cm³/mol. The van der Waals surface area contributed by atoms with Crippen LogP contribution in [0, 0.1) is 0 Å². The number of imidazole rings is 1. The molecule has 0 aliphatic rings. The minimum Gasteiger partial charge on any atom is -0.351 e. The van der Waals surface area contributed by atoms with Crippen molar-refractivity contribution in [3.63, 3.8) is 0 Å². The number of amides is 1. The highest BCUT2D eigenvalue weighted by Crippen LogP contribution is 2.16. The number of para-hydroxylation sites is 1. The number of carbonyl (C=O) groups excluding carboxylic acids is 1. The van der Waals surface area contributed by atoms with Crippen LogP contribution in [-0.2, 0) is 0 Å². The van der Waals surface area contributed by atoms with Gasteiger partial charge in [-0.1, -0.05) is 25.1 Å². The molecule has 20 heavy (non-hydrogen) atoms. The summed E-state index contributed by atoms with van der Waals surface area (Å²) in [7, 11) is 0. The Labute approximate surface area is 116 Å². The monoisotopic (exact) mass is 268 g/mol. The SMILES string of the molecule is CCC(NC(=O)c1cc2ccccc2[nH]1)c1ncc[nH]1. The second kappa shape index (κ2) is 5.21. The first-order chi connectivity index (χ1) is 9.78. The number of fused-ring (bicyclic) bond motifs is 1. The van der Waals surface area contributed by atoms with Crippen molar-refractivity contribution in [3.05, 3.63) is 54.2 Å². The zero-order chi connectivity index (χ0) is 13.9. The molecule has 5 heteroatoms. The summed E-state index contributed by atoms with van der Waals surface area (Å²) in [6.45, 7) is 2.01. The molecule has 2 heterocycles. The number of aromatic nitrogens is 3. The van der Waals surface area contributed by atoms with Gasteiger partial charge in [0.15, 0.2) is 0 Å². The highest BCUT2D eigenvalue weighted by Gasteiger charge is 2.17. The maximum absolute atomic E-state index is 12.3. The molecule has 0 bridgehead atoms. The highest BCUT2D eigenvalue weighted by atomic mass is 16.1. The Balaban J connectivity index is 1.81. The van der Waals surface area contributed by atoms with E-state index in [1.165, 1.54) is 0 Å². The highest BCUT2D eigenvalue weighted by molar-refractivity contribution is 5.98. The number of nitrogens with zero attached hydrogens (tertiary/aromatic N) is 1. The number of hydrogen-bond acceptors (Lipinski definition) is 2. The van der Waals surface area contributed by atoms with Crippen molar-refractivity contribution >= 4 is 16.8 Å². The molecule has 2 aromatic heterocycles. The van der Waals surface area contributed by atoms with Gasteiger partial charge in [0.25, 0.3) is 5.91 Å². The van der Waals surface area contributed by atoms with Crippen LogP contribution in [0.5, 0.6) is 0 Å². The lowest BCUT2D eigenvalue weighted by molar-refractivity contribution is 0.0929. The number of hydrogen-bond donors (Lipinski definition) is 3. The van der Waals surface area contributed by atoms with Crippen LogP contribution in [0.2, 0.25) is 0 Å². The number of nitrogens with one attached hydrogen (secondary N) is 3. The summed E-state index contributed by atoms with van der Waals surface area (Å²) in [5, 5.41) is 4.01. The van der Waals surface area contributed by atoms with E-state index in [2.05, 4.69) is 20.3 Å². The summed E-state index contributed by atoms with van der Waals surface area (Å²) < 4.78 is 0. The molecule has 3 N–H and O–H groups in total. The van der Waals surface area contributed by atoms with Crippen molar-refractivity contribution in [2.24, 2.45) is 0 Å². The van der Waals surface area contributed by atoms with Crippen LogP contribution in [0.25, 0.3) is 10.9 Å². The number of carbonyl (C=O) groups is 1. The number of rotatable bonds is 4. The molecule has 102 valence electrons. The average molecular weight is 268 g/mol. The minimum atomic E-state index is -0.121. The van der Waals surface area contributed by atoms with E-state index in [1.807, 2.05) is 37.3 Å². The maximum Gasteiger partial charge on any atom is 0.268 e. The predicted octanol–water partition coefficient (Wildman–Crippen LogP) is 2.77. The minimum absolute atomic E-state index is 0.107. The Morgan fingerprint density at radius 2 is 2.25 bits per heavy atom. The van der Waals surface area contributed by atoms with Gasteiger partial charge in [0.1, 0.15) is 11.5 Å². The van der Waals surface area contributed by atoms with Crippen molar-refractivity contribution in [1.82, 2.24) is 20.3 Å². The van der Waals surface area contributed by atoms with Crippen LogP contribution in [0.3, 0.4) is 0 Å². The topological polar surface area (TPSA) is 73.6 Å². The Hall–Kier alpha value is -2.56. The molecule has 5 nitrogen and oxygen atoms in total. The van der Waals surface area contributed by atoms with Crippen molar-refractivity contribution in [3.8, 4) is 0 Å². The molecule has 0 radical (unpaired) electrons. The van der Waals surface area contributed by atoms with Crippen molar-refractivity contribution in [1.29, 1.82) is 0 Å². The van der Waals surface area contributed by atoms with E-state index in [0.717, 1.165) is 23.1 Å². The summed E-state index contributed by atoms with van der Waals surface area (Å²) in [6, 6.07) is 9.58. The molecule has 0 saturated carbocycles. The van der Waals surface area contributed by atoms with E-state index < -0.39 is 0 Å². The molecule has 0 aliphatic carbocycles. The van der Waals surface area contributed by atoms with E-state index in [9.17, 15) is 4.79 Å². The molecular formula is C15H16N4O. The number of H-pyrrole nitrogens is 2. The van der Waals surface area contributed by atoms with E-state index in [4.69, 9.17) is 0 Å². The van der Waals surface area contributed by atoms with Crippen LogP contribution < -0.4 is 5.32 Å². The summed E-state index contributed by atoms with van der Waals surface area (Å²) >= 11 is 0. The molecule has 1 atom stereocenters. The molecule has 0 spiro atoms. The quantitative estimate of drug-likeness (QED) is 0.680. The van der Waals surface area contributed by atoms with Gasteiger partial charge >= 0.3 is 0 Å². The first-order valence-corrected chi connectivity index (χ1v) is 6.66. The second-order valence-corrected chi connectivity index (χ2v) is 4.68. The standard InChI is InChI=1S/C15H16N4O/c1-2-11(14-16-7-8-17-14)19-15(20)13-9-10-5-3-4-6-12(10)18-13/h3-9,11,18H,2H2,1H3,(H,16,17)(H,19,20). The van der Waals surface area contributed by atoms with Crippen LogP contribution >= 0.6 is 0 Å². The molecule has 0 saturated heterocycles. The van der Waals surface area contributed by atoms with Crippen molar-refractivity contribution < 1.29 is 4.79 Å². The van der Waals surface area contributed by atoms with E-state index >= 15 is 0 Å². The molecular weight excluding hydrogens is 252 g/mol. The first kappa shape index (κ1) is 12.5. The third-order valence-corrected chi connectivity index (χ3v) is 3.34. The molecule has 0 aliphatic heterocycles. The Morgan fingerprint density at radius 3 is 2.95 bits per heavy atom. The fourth-order valence-corrected chi connectivity index (χ4v) is 2.26. The van der Waals surface area contributed by atoms with Gasteiger partial charge in [0, 0.05) is 23.3 Å². The largest absolute Gasteiger partial charge is 0.351 e. The third-order valence-electron chi connectivity index (χ3n) is 3.34. The number of benzene rings is 1. The lowest BCUT2D eigenvalue weighted by atomic mass is 10.2.